The van der Waals surface area contributed by atoms with Crippen LogP contribution in [-0.4, -0.2) is 74.6 Å². The van der Waals surface area contributed by atoms with E-state index in [0.717, 1.165) is 18.5 Å². The molecule has 152 valence electrons. The van der Waals surface area contributed by atoms with E-state index < -0.39 is 4.92 Å². The molecule has 0 atom stereocenters. The summed E-state index contributed by atoms with van der Waals surface area (Å²) in [6.07, 6.45) is 1.44. The number of benzene rings is 1. The summed E-state index contributed by atoms with van der Waals surface area (Å²) in [5, 5.41) is 11.2. The van der Waals surface area contributed by atoms with Crippen LogP contribution in [0.15, 0.2) is 18.2 Å². The van der Waals surface area contributed by atoms with Crippen LogP contribution in [0.1, 0.15) is 23.2 Å². The Labute approximate surface area is 163 Å². The van der Waals surface area contributed by atoms with Crippen LogP contribution in [0, 0.1) is 16.0 Å². The molecule has 3 aliphatic rings. The van der Waals surface area contributed by atoms with Gasteiger partial charge in [-0.3, -0.25) is 14.9 Å². The number of carbonyl (C=O) groups is 1. The standard InChI is InChI=1S/C19H25N3O6/c23-18(21-5-3-14(4-6-21)19-27-11-12-28-19)16-13-15(22(24)25)1-2-17(16)20-7-9-26-10-8-20/h1-2,13-14,19H,3-12H2. The van der Waals surface area contributed by atoms with Crippen molar-refractivity contribution >= 4 is 17.3 Å². The molecule has 0 aliphatic carbocycles. The fourth-order valence-electron chi connectivity index (χ4n) is 4.08. The molecular weight excluding hydrogens is 366 g/mol. The number of hydrogen-bond acceptors (Lipinski definition) is 7. The van der Waals surface area contributed by atoms with E-state index >= 15 is 0 Å². The minimum atomic E-state index is -0.457. The van der Waals surface area contributed by atoms with Crippen molar-refractivity contribution in [1.82, 2.24) is 4.90 Å². The van der Waals surface area contributed by atoms with Gasteiger partial charge in [0, 0.05) is 44.2 Å². The largest absolute Gasteiger partial charge is 0.378 e. The molecule has 0 unspecified atom stereocenters. The number of likely N-dealkylation sites (tertiary alicyclic amines) is 1. The Kier molecular flexibility index (Phi) is 5.74. The van der Waals surface area contributed by atoms with Crippen molar-refractivity contribution < 1.29 is 23.9 Å². The van der Waals surface area contributed by atoms with Crippen molar-refractivity contribution in [3.63, 3.8) is 0 Å². The van der Waals surface area contributed by atoms with Gasteiger partial charge in [-0.1, -0.05) is 0 Å². The number of carbonyl (C=O) groups excluding carboxylic acids is 1. The summed E-state index contributed by atoms with van der Waals surface area (Å²) in [4.78, 5) is 27.9. The van der Waals surface area contributed by atoms with Gasteiger partial charge in [-0.05, 0) is 18.9 Å². The predicted octanol–water partition coefficient (Wildman–Crippen LogP) is 1.66. The number of ether oxygens (including phenoxy) is 3. The van der Waals surface area contributed by atoms with Gasteiger partial charge in [-0.25, -0.2) is 0 Å². The van der Waals surface area contributed by atoms with Crippen molar-refractivity contribution in [1.29, 1.82) is 0 Å². The molecular formula is C19H25N3O6. The topological polar surface area (TPSA) is 94.4 Å². The van der Waals surface area contributed by atoms with Gasteiger partial charge in [0.15, 0.2) is 6.29 Å². The first-order valence-corrected chi connectivity index (χ1v) is 9.77. The highest BCUT2D eigenvalue weighted by Gasteiger charge is 2.33. The van der Waals surface area contributed by atoms with Crippen LogP contribution in [0.25, 0.3) is 0 Å². The molecule has 3 fully saturated rings. The number of nitro groups is 1. The minimum absolute atomic E-state index is 0.0667. The van der Waals surface area contributed by atoms with E-state index in [1.165, 1.54) is 12.1 Å². The molecule has 1 aromatic rings. The molecule has 0 spiro atoms. The number of amides is 1. The van der Waals surface area contributed by atoms with Gasteiger partial charge in [-0.2, -0.15) is 0 Å². The zero-order valence-electron chi connectivity index (χ0n) is 15.7. The maximum atomic E-state index is 13.2. The van der Waals surface area contributed by atoms with E-state index in [4.69, 9.17) is 14.2 Å². The lowest BCUT2D eigenvalue weighted by atomic mass is 9.95. The number of nitro benzene ring substituents is 1. The first kappa shape index (κ1) is 19.1. The first-order chi connectivity index (χ1) is 13.6. The van der Waals surface area contributed by atoms with E-state index in [1.807, 2.05) is 0 Å². The minimum Gasteiger partial charge on any atom is -0.378 e. The van der Waals surface area contributed by atoms with Gasteiger partial charge in [0.1, 0.15) is 0 Å². The van der Waals surface area contributed by atoms with Gasteiger partial charge in [-0.15, -0.1) is 0 Å². The van der Waals surface area contributed by atoms with Crippen LogP contribution < -0.4 is 4.90 Å². The molecule has 3 saturated heterocycles. The summed E-state index contributed by atoms with van der Waals surface area (Å²) in [6.45, 7) is 4.93. The van der Waals surface area contributed by atoms with Crippen molar-refractivity contribution in [2.24, 2.45) is 5.92 Å². The summed E-state index contributed by atoms with van der Waals surface area (Å²) < 4.78 is 16.6. The van der Waals surface area contributed by atoms with Gasteiger partial charge in [0.25, 0.3) is 11.6 Å². The van der Waals surface area contributed by atoms with Crippen molar-refractivity contribution in [3.05, 3.63) is 33.9 Å². The number of rotatable bonds is 4. The van der Waals surface area contributed by atoms with E-state index in [0.29, 0.717) is 58.2 Å². The van der Waals surface area contributed by atoms with Gasteiger partial charge >= 0.3 is 0 Å². The molecule has 0 saturated carbocycles. The quantitative estimate of drug-likeness (QED) is 0.569. The van der Waals surface area contributed by atoms with E-state index in [9.17, 15) is 14.9 Å². The summed E-state index contributed by atoms with van der Waals surface area (Å²) in [5.41, 5.74) is 1.06. The summed E-state index contributed by atoms with van der Waals surface area (Å²) in [7, 11) is 0. The van der Waals surface area contributed by atoms with Crippen molar-refractivity contribution in [2.75, 3.05) is 57.5 Å². The third kappa shape index (κ3) is 3.96. The molecule has 9 nitrogen and oxygen atoms in total. The number of morpholine rings is 1. The third-order valence-corrected chi connectivity index (χ3v) is 5.63. The number of nitrogens with zero attached hydrogens (tertiary/aromatic N) is 3. The third-order valence-electron chi connectivity index (χ3n) is 5.63. The second kappa shape index (κ2) is 8.42. The fourth-order valence-corrected chi connectivity index (χ4v) is 4.08. The highest BCUT2D eigenvalue weighted by Crippen LogP contribution is 2.30. The lowest BCUT2D eigenvalue weighted by Crippen LogP contribution is -2.43. The van der Waals surface area contributed by atoms with E-state index in [2.05, 4.69) is 4.90 Å². The Morgan fingerprint density at radius 1 is 1.04 bits per heavy atom. The first-order valence-electron chi connectivity index (χ1n) is 9.77. The Morgan fingerprint density at radius 3 is 2.36 bits per heavy atom. The molecule has 1 aromatic carbocycles. The molecule has 0 bridgehead atoms. The second-order valence-electron chi connectivity index (χ2n) is 7.30. The Bertz CT molecular complexity index is 722. The monoisotopic (exact) mass is 391 g/mol. The number of anilines is 1. The predicted molar refractivity (Wildman–Crippen MR) is 100 cm³/mol. The van der Waals surface area contributed by atoms with E-state index in [1.54, 1.807) is 11.0 Å². The van der Waals surface area contributed by atoms with Crippen LogP contribution in [0.2, 0.25) is 0 Å². The normalized spacial score (nSPS) is 21.9. The zero-order chi connectivity index (χ0) is 19.5. The maximum absolute atomic E-state index is 13.2. The molecule has 1 amide bonds. The molecule has 0 radical (unpaired) electrons. The fraction of sp³-hybridized carbons (Fsp3) is 0.632. The summed E-state index contributed by atoms with van der Waals surface area (Å²) in [6, 6.07) is 4.55. The van der Waals surface area contributed by atoms with Crippen LogP contribution >= 0.6 is 0 Å². The number of piperidine rings is 1. The van der Waals surface area contributed by atoms with Gasteiger partial charge < -0.3 is 24.0 Å². The maximum Gasteiger partial charge on any atom is 0.270 e. The molecule has 0 aromatic heterocycles. The molecule has 0 N–H and O–H groups in total. The van der Waals surface area contributed by atoms with Gasteiger partial charge in [0.2, 0.25) is 0 Å². The van der Waals surface area contributed by atoms with Crippen LogP contribution in [0.4, 0.5) is 11.4 Å². The lowest BCUT2D eigenvalue weighted by Gasteiger charge is -2.35. The smallest absolute Gasteiger partial charge is 0.270 e. The van der Waals surface area contributed by atoms with Crippen LogP contribution in [0.3, 0.4) is 0 Å². The highest BCUT2D eigenvalue weighted by molar-refractivity contribution is 6.00. The van der Waals surface area contributed by atoms with Crippen LogP contribution in [0.5, 0.6) is 0 Å². The second-order valence-corrected chi connectivity index (χ2v) is 7.30. The zero-order valence-corrected chi connectivity index (χ0v) is 15.7. The summed E-state index contributed by atoms with van der Waals surface area (Å²) in [5.74, 6) is 0.132. The summed E-state index contributed by atoms with van der Waals surface area (Å²) >= 11 is 0. The number of hydrogen-bond donors (Lipinski definition) is 0. The van der Waals surface area contributed by atoms with Crippen molar-refractivity contribution in [2.45, 2.75) is 19.1 Å². The molecule has 3 aliphatic heterocycles. The Hall–Kier alpha value is -2.23. The van der Waals surface area contributed by atoms with Gasteiger partial charge in [0.05, 0.1) is 42.6 Å². The average Bonchev–Trinajstić information content (AvgIpc) is 3.28. The van der Waals surface area contributed by atoms with Crippen LogP contribution in [-0.2, 0) is 14.2 Å². The Balaban J connectivity index is 1.52. The molecule has 28 heavy (non-hydrogen) atoms. The molecule has 4 rings (SSSR count). The highest BCUT2D eigenvalue weighted by atomic mass is 16.7. The molecule has 9 heteroatoms. The number of non-ortho nitro benzene ring substituents is 1. The lowest BCUT2D eigenvalue weighted by molar-refractivity contribution is -0.384. The molecule has 3 heterocycles. The Morgan fingerprint density at radius 2 is 1.71 bits per heavy atom. The average molecular weight is 391 g/mol. The van der Waals surface area contributed by atoms with Crippen molar-refractivity contribution in [3.8, 4) is 0 Å². The SMILES string of the molecule is O=C(c1cc([N+](=O)[O-])ccc1N1CCOCC1)N1CCC(C2OCCO2)CC1. The van der Waals surface area contributed by atoms with E-state index in [-0.39, 0.29) is 23.8 Å².